The first-order valence-corrected chi connectivity index (χ1v) is 13.3. The molecule has 2 aromatic rings. The van der Waals surface area contributed by atoms with Crippen molar-refractivity contribution in [1.29, 1.82) is 0 Å². The normalized spacial score (nSPS) is 28.4. The van der Waals surface area contributed by atoms with Crippen LogP contribution in [0.4, 0.5) is 5.69 Å². The molecule has 9 nitrogen and oxygen atoms in total. The van der Waals surface area contributed by atoms with Crippen LogP contribution in [0.5, 0.6) is 0 Å². The van der Waals surface area contributed by atoms with E-state index >= 15 is 0 Å². The van der Waals surface area contributed by atoms with Crippen LogP contribution >= 0.6 is 43.5 Å². The van der Waals surface area contributed by atoms with Gasteiger partial charge in [0.25, 0.3) is 23.4 Å². The van der Waals surface area contributed by atoms with Gasteiger partial charge in [-0.3, -0.25) is 29.3 Å². The number of alkyl halides is 2. The highest BCUT2D eigenvalue weighted by Gasteiger charge is 2.67. The molecule has 6 atom stereocenters. The van der Waals surface area contributed by atoms with E-state index in [1.165, 1.54) is 48.5 Å². The largest absolute Gasteiger partial charge is 0.292 e. The summed E-state index contributed by atoms with van der Waals surface area (Å²) in [7, 11) is 0. The van der Waals surface area contributed by atoms with E-state index in [4.69, 9.17) is 11.6 Å². The quantitative estimate of drug-likeness (QED) is 0.153. The summed E-state index contributed by atoms with van der Waals surface area (Å²) in [5.41, 5.74) is 0.0608. The van der Waals surface area contributed by atoms with Crippen molar-refractivity contribution in [3.8, 4) is 0 Å². The minimum absolute atomic E-state index is 0.0163. The summed E-state index contributed by atoms with van der Waals surface area (Å²) in [6.45, 7) is -0.596. The molecule has 1 heterocycles. The minimum Gasteiger partial charge on any atom is -0.292 e. The van der Waals surface area contributed by atoms with Gasteiger partial charge in [0, 0.05) is 37.9 Å². The van der Waals surface area contributed by atoms with Crippen LogP contribution in [-0.4, -0.2) is 54.6 Å². The highest BCUT2D eigenvalue weighted by molar-refractivity contribution is 9.12. The van der Waals surface area contributed by atoms with E-state index in [0.29, 0.717) is 5.02 Å². The highest BCUT2D eigenvalue weighted by atomic mass is 79.9. The minimum atomic E-state index is -0.707. The van der Waals surface area contributed by atoms with Crippen LogP contribution in [0.3, 0.4) is 0 Å². The molecule has 0 unspecified atom stereocenters. The van der Waals surface area contributed by atoms with Crippen molar-refractivity contribution in [2.24, 2.45) is 23.7 Å². The number of hydrogen-bond donors (Lipinski definition) is 0. The molecule has 2 bridgehead atoms. The second kappa shape index (κ2) is 9.35. The number of ketones is 1. The maximum absolute atomic E-state index is 13.6. The van der Waals surface area contributed by atoms with Crippen molar-refractivity contribution in [3.05, 3.63) is 74.8 Å². The van der Waals surface area contributed by atoms with Crippen LogP contribution in [0.15, 0.2) is 48.5 Å². The third-order valence-corrected chi connectivity index (χ3v) is 10.7. The summed E-state index contributed by atoms with van der Waals surface area (Å²) in [6.07, 6.45) is 0.722. The molecule has 0 radical (unpaired) electrons. The molecule has 12 heteroatoms. The number of benzene rings is 2. The zero-order valence-corrected chi connectivity index (χ0v) is 22.4. The fraction of sp³-hybridized carbons (Fsp3) is 0.333. The number of amides is 3. The van der Waals surface area contributed by atoms with E-state index in [0.717, 1.165) is 16.4 Å². The lowest BCUT2D eigenvalue weighted by molar-refractivity contribution is -0.384. The van der Waals surface area contributed by atoms with Crippen LogP contribution in [0.2, 0.25) is 5.02 Å². The number of nitro benzene ring substituents is 1. The van der Waals surface area contributed by atoms with E-state index < -0.39 is 46.8 Å². The Morgan fingerprint density at radius 2 is 1.44 bits per heavy atom. The molecule has 1 aliphatic heterocycles. The molecule has 3 fully saturated rings. The number of hydrazine groups is 1. The molecule has 3 aliphatic rings. The molecule has 0 aromatic heterocycles. The summed E-state index contributed by atoms with van der Waals surface area (Å²) in [6, 6.07) is 10.8. The van der Waals surface area contributed by atoms with Crippen LogP contribution in [-0.2, 0) is 9.59 Å². The second-order valence-electron chi connectivity index (χ2n) is 9.09. The number of Topliss-reactive ketones (excluding diaryl/α,β-unsaturated/α-hetero) is 1. The Morgan fingerprint density at radius 1 is 0.944 bits per heavy atom. The lowest BCUT2D eigenvalue weighted by atomic mass is 9.81. The van der Waals surface area contributed by atoms with Crippen molar-refractivity contribution in [1.82, 2.24) is 10.0 Å². The van der Waals surface area contributed by atoms with E-state index in [1.807, 2.05) is 0 Å². The summed E-state index contributed by atoms with van der Waals surface area (Å²) in [5.74, 6) is -3.56. The standard InChI is InChI=1S/C24H18Br2ClN3O6/c25-20-15-9-16(21(20)26)19-18(15)23(33)29(24(19)34)28(22(32)12-1-5-13(27)6-2-12)10-17(31)11-3-7-14(8-4-11)30(35)36/h1-8,15-16,18-21H,9-10H2/t15-,16-,18-,19+,20+,21+/m1/s1. The smallest absolute Gasteiger partial charge is 0.273 e. The maximum atomic E-state index is 13.6. The summed E-state index contributed by atoms with van der Waals surface area (Å²) >= 11 is 13.2. The Kier molecular flexibility index (Phi) is 6.50. The van der Waals surface area contributed by atoms with Crippen molar-refractivity contribution in [3.63, 3.8) is 0 Å². The molecule has 5 rings (SSSR count). The van der Waals surface area contributed by atoms with E-state index in [9.17, 15) is 29.3 Å². The number of halogens is 3. The molecule has 1 saturated heterocycles. The number of nitro groups is 1. The van der Waals surface area contributed by atoms with Crippen molar-refractivity contribution in [2.45, 2.75) is 16.1 Å². The molecule has 186 valence electrons. The third kappa shape index (κ3) is 3.97. The lowest BCUT2D eigenvalue weighted by Crippen LogP contribution is -2.52. The van der Waals surface area contributed by atoms with Crippen LogP contribution in [0, 0.1) is 33.8 Å². The van der Waals surface area contributed by atoms with Gasteiger partial charge in [-0.05, 0) is 54.7 Å². The highest BCUT2D eigenvalue weighted by Crippen LogP contribution is 2.60. The number of rotatable bonds is 6. The van der Waals surface area contributed by atoms with E-state index in [2.05, 4.69) is 31.9 Å². The van der Waals surface area contributed by atoms with Crippen molar-refractivity contribution >= 4 is 72.7 Å². The SMILES string of the molecule is O=C(CN(C(=O)c1ccc(Cl)cc1)N1C(=O)[C@@H]2[C@H]3C[C@@H]([C@H](Br)[C@H]3Br)[C@@H]2C1=O)c1ccc([N+](=O)[O-])cc1. The summed E-state index contributed by atoms with van der Waals surface area (Å²) in [5, 5.41) is 13.1. The molecule has 2 saturated carbocycles. The van der Waals surface area contributed by atoms with Crippen LogP contribution in [0.1, 0.15) is 27.1 Å². The molecular formula is C24H18Br2ClN3O6. The molecular weight excluding hydrogens is 622 g/mol. The number of carbonyl (C=O) groups excluding carboxylic acids is 4. The van der Waals surface area contributed by atoms with Gasteiger partial charge in [-0.2, -0.15) is 5.01 Å². The lowest BCUT2D eigenvalue weighted by Gasteiger charge is -2.30. The Morgan fingerprint density at radius 3 is 1.94 bits per heavy atom. The van der Waals surface area contributed by atoms with E-state index in [1.54, 1.807) is 0 Å². The third-order valence-electron chi connectivity index (χ3n) is 7.22. The van der Waals surface area contributed by atoms with Gasteiger partial charge in [0.1, 0.15) is 6.54 Å². The number of fused-ring (bicyclic) bond motifs is 5. The average molecular weight is 640 g/mol. The number of imide groups is 1. The summed E-state index contributed by atoms with van der Waals surface area (Å²) in [4.78, 5) is 64.2. The Labute approximate surface area is 227 Å². The zero-order valence-electron chi connectivity index (χ0n) is 18.4. The number of carbonyl (C=O) groups is 4. The average Bonchev–Trinajstić information content (AvgIpc) is 3.47. The fourth-order valence-corrected chi connectivity index (χ4v) is 7.54. The van der Waals surface area contributed by atoms with Gasteiger partial charge in [-0.25, -0.2) is 5.01 Å². The van der Waals surface area contributed by atoms with Gasteiger partial charge < -0.3 is 0 Å². The Hall–Kier alpha value is -2.63. The topological polar surface area (TPSA) is 118 Å². The van der Waals surface area contributed by atoms with Gasteiger partial charge in [0.2, 0.25) is 0 Å². The maximum Gasteiger partial charge on any atom is 0.273 e. The van der Waals surface area contributed by atoms with Crippen LogP contribution in [0.25, 0.3) is 0 Å². The number of hydrogen-bond acceptors (Lipinski definition) is 6. The first-order chi connectivity index (χ1) is 17.1. The van der Waals surface area contributed by atoms with Gasteiger partial charge >= 0.3 is 0 Å². The monoisotopic (exact) mass is 637 g/mol. The second-order valence-corrected chi connectivity index (χ2v) is 11.6. The first-order valence-electron chi connectivity index (χ1n) is 11.1. The fourth-order valence-electron chi connectivity index (χ4n) is 5.54. The van der Waals surface area contributed by atoms with Gasteiger partial charge in [0.15, 0.2) is 5.78 Å². The Balaban J connectivity index is 1.49. The predicted molar refractivity (Wildman–Crippen MR) is 136 cm³/mol. The number of nitrogens with zero attached hydrogens (tertiary/aromatic N) is 3. The Bertz CT molecular complexity index is 1260. The van der Waals surface area contributed by atoms with Crippen molar-refractivity contribution in [2.75, 3.05) is 6.54 Å². The first kappa shape index (κ1) is 25.0. The van der Waals surface area contributed by atoms with E-state index in [-0.39, 0.29) is 38.3 Å². The van der Waals surface area contributed by atoms with Crippen LogP contribution < -0.4 is 0 Å². The molecule has 0 N–H and O–H groups in total. The molecule has 0 spiro atoms. The van der Waals surface area contributed by atoms with Gasteiger partial charge in [-0.1, -0.05) is 43.5 Å². The van der Waals surface area contributed by atoms with Gasteiger partial charge in [-0.15, -0.1) is 0 Å². The molecule has 3 amide bonds. The summed E-state index contributed by atoms with van der Waals surface area (Å²) < 4.78 is 0. The van der Waals surface area contributed by atoms with Gasteiger partial charge in [0.05, 0.1) is 16.8 Å². The number of non-ortho nitro benzene ring substituents is 1. The zero-order chi connectivity index (χ0) is 25.9. The molecule has 2 aromatic carbocycles. The van der Waals surface area contributed by atoms with Crippen molar-refractivity contribution < 1.29 is 24.1 Å². The predicted octanol–water partition coefficient (Wildman–Crippen LogP) is 4.27. The molecule has 2 aliphatic carbocycles. The molecule has 36 heavy (non-hydrogen) atoms.